The van der Waals surface area contributed by atoms with Crippen LogP contribution in [0.25, 0.3) is 0 Å². The monoisotopic (exact) mass is 302 g/mol. The molecule has 1 atom stereocenters. The maximum atomic E-state index is 13.0. The van der Waals surface area contributed by atoms with Gasteiger partial charge in [-0.25, -0.2) is 0 Å². The lowest BCUT2D eigenvalue weighted by Gasteiger charge is -2.35. The van der Waals surface area contributed by atoms with E-state index < -0.39 is 5.97 Å². The van der Waals surface area contributed by atoms with Crippen LogP contribution in [0.3, 0.4) is 0 Å². The molecule has 0 aromatic heterocycles. The largest absolute Gasteiger partial charge is 0.481 e. The smallest absolute Gasteiger partial charge is 0.303 e. The number of carboxylic acid groups (broad SMARTS) is 1. The summed E-state index contributed by atoms with van der Waals surface area (Å²) >= 11 is 0. The fraction of sp³-hybridized carbons (Fsp3) is 0.579. The number of carbonyl (C=O) groups excluding carboxylic acids is 1. The predicted molar refractivity (Wildman–Crippen MR) is 87.4 cm³/mol. The lowest BCUT2D eigenvalue weighted by molar-refractivity contribution is -0.137. The third-order valence-corrected chi connectivity index (χ3v) is 5.08. The van der Waals surface area contributed by atoms with Crippen LogP contribution in [0.4, 0.5) is 0 Å². The molecule has 0 fully saturated rings. The van der Waals surface area contributed by atoms with Crippen molar-refractivity contribution in [2.75, 3.05) is 0 Å². The van der Waals surface area contributed by atoms with Gasteiger partial charge in [0.25, 0.3) is 0 Å². The Balaban J connectivity index is 2.05. The zero-order valence-corrected chi connectivity index (χ0v) is 13.9. The van der Waals surface area contributed by atoms with Crippen molar-refractivity contribution in [3.05, 3.63) is 34.4 Å². The van der Waals surface area contributed by atoms with Gasteiger partial charge < -0.3 is 5.11 Å². The van der Waals surface area contributed by atoms with Crippen molar-refractivity contribution in [1.29, 1.82) is 0 Å². The average molecular weight is 302 g/mol. The van der Waals surface area contributed by atoms with Crippen molar-refractivity contribution in [1.82, 2.24) is 0 Å². The van der Waals surface area contributed by atoms with Gasteiger partial charge in [-0.3, -0.25) is 9.59 Å². The van der Waals surface area contributed by atoms with Crippen LogP contribution in [0.5, 0.6) is 0 Å². The number of carboxylic acids is 1. The van der Waals surface area contributed by atoms with Crippen molar-refractivity contribution in [2.45, 2.75) is 65.7 Å². The van der Waals surface area contributed by atoms with Crippen molar-refractivity contribution < 1.29 is 14.7 Å². The standard InChI is InChI=1S/C19H26O3/c1-13-8-9-14(2)17-15(13)10-12-19(3,18(17)22)11-6-4-5-7-16(20)21/h8-9H,4-7,10-12H2,1-3H3,(H,20,21). The van der Waals surface area contributed by atoms with Crippen molar-refractivity contribution in [2.24, 2.45) is 5.41 Å². The van der Waals surface area contributed by atoms with E-state index in [1.807, 2.05) is 13.0 Å². The maximum Gasteiger partial charge on any atom is 0.303 e. The highest BCUT2D eigenvalue weighted by Gasteiger charge is 2.38. The molecule has 0 amide bonds. The first kappa shape index (κ1) is 16.7. The van der Waals surface area contributed by atoms with Gasteiger partial charge in [0.05, 0.1) is 0 Å². The second-order valence-electron chi connectivity index (χ2n) is 6.90. The summed E-state index contributed by atoms with van der Waals surface area (Å²) in [5.41, 5.74) is 4.20. The molecule has 1 aliphatic carbocycles. The number of fused-ring (bicyclic) bond motifs is 1. The minimum absolute atomic E-state index is 0.228. The van der Waals surface area contributed by atoms with Gasteiger partial charge in [-0.05, 0) is 56.2 Å². The lowest BCUT2D eigenvalue weighted by atomic mass is 9.67. The van der Waals surface area contributed by atoms with Crippen LogP contribution in [0, 0.1) is 19.3 Å². The Labute approximate surface area is 132 Å². The van der Waals surface area contributed by atoms with Gasteiger partial charge in [-0.1, -0.05) is 31.9 Å². The molecule has 0 saturated heterocycles. The summed E-state index contributed by atoms with van der Waals surface area (Å²) in [6.07, 6.45) is 5.48. The number of Topliss-reactive ketones (excluding diaryl/α,β-unsaturated/α-hetero) is 1. The van der Waals surface area contributed by atoms with E-state index in [4.69, 9.17) is 5.11 Å². The number of aryl methyl sites for hydroxylation is 2. The molecule has 120 valence electrons. The van der Waals surface area contributed by atoms with E-state index in [2.05, 4.69) is 19.9 Å². The minimum atomic E-state index is -0.736. The van der Waals surface area contributed by atoms with E-state index in [0.717, 1.165) is 43.2 Å². The minimum Gasteiger partial charge on any atom is -0.481 e. The molecule has 1 aliphatic rings. The van der Waals surface area contributed by atoms with Crippen LogP contribution in [0.2, 0.25) is 0 Å². The Morgan fingerprint density at radius 1 is 1.18 bits per heavy atom. The fourth-order valence-electron chi connectivity index (χ4n) is 3.53. The number of ketones is 1. The van der Waals surface area contributed by atoms with Gasteiger partial charge in [0.2, 0.25) is 0 Å². The van der Waals surface area contributed by atoms with Gasteiger partial charge in [0.1, 0.15) is 0 Å². The number of rotatable bonds is 6. The first-order valence-corrected chi connectivity index (χ1v) is 8.21. The number of benzene rings is 1. The molecule has 0 bridgehead atoms. The topological polar surface area (TPSA) is 54.4 Å². The van der Waals surface area contributed by atoms with E-state index in [-0.39, 0.29) is 17.6 Å². The van der Waals surface area contributed by atoms with E-state index in [1.54, 1.807) is 0 Å². The number of aliphatic carboxylic acids is 1. The van der Waals surface area contributed by atoms with E-state index in [9.17, 15) is 9.59 Å². The molecule has 3 nitrogen and oxygen atoms in total. The molecule has 3 heteroatoms. The summed E-state index contributed by atoms with van der Waals surface area (Å²) in [4.78, 5) is 23.5. The third kappa shape index (κ3) is 3.40. The Kier molecular flexibility index (Phi) is 5.05. The molecule has 0 radical (unpaired) electrons. The molecule has 0 heterocycles. The predicted octanol–water partition coefficient (Wildman–Crippen LogP) is 4.47. The summed E-state index contributed by atoms with van der Waals surface area (Å²) in [5, 5.41) is 8.67. The third-order valence-electron chi connectivity index (χ3n) is 5.08. The van der Waals surface area contributed by atoms with Crippen LogP contribution in [-0.4, -0.2) is 16.9 Å². The fourth-order valence-corrected chi connectivity index (χ4v) is 3.53. The molecule has 1 N–H and O–H groups in total. The number of hydrogen-bond acceptors (Lipinski definition) is 2. The van der Waals surface area contributed by atoms with Gasteiger partial charge >= 0.3 is 5.97 Å². The van der Waals surface area contributed by atoms with Crippen LogP contribution in [0.1, 0.15) is 72.5 Å². The normalized spacial score (nSPS) is 20.8. The van der Waals surface area contributed by atoms with E-state index in [1.165, 1.54) is 11.1 Å². The number of hydrogen-bond donors (Lipinski definition) is 1. The molecule has 0 spiro atoms. The highest BCUT2D eigenvalue weighted by Crippen LogP contribution is 2.41. The zero-order valence-electron chi connectivity index (χ0n) is 13.9. The summed E-state index contributed by atoms with van der Waals surface area (Å²) in [6.45, 7) is 6.19. The first-order valence-electron chi connectivity index (χ1n) is 8.21. The second kappa shape index (κ2) is 6.64. The van der Waals surface area contributed by atoms with Gasteiger partial charge in [-0.15, -0.1) is 0 Å². The molecule has 1 unspecified atom stereocenters. The van der Waals surface area contributed by atoms with E-state index >= 15 is 0 Å². The maximum absolute atomic E-state index is 13.0. The molecule has 0 aliphatic heterocycles. The Bertz CT molecular complexity index is 589. The number of unbranched alkanes of at least 4 members (excludes halogenated alkanes) is 2. The van der Waals surface area contributed by atoms with Gasteiger partial charge in [-0.2, -0.15) is 0 Å². The van der Waals surface area contributed by atoms with Crippen LogP contribution in [0.15, 0.2) is 12.1 Å². The Hall–Kier alpha value is -1.64. The SMILES string of the molecule is Cc1ccc(C)c2c1CCC(C)(CCCCCC(=O)O)C2=O. The molecular weight excluding hydrogens is 276 g/mol. The molecule has 2 rings (SSSR count). The van der Waals surface area contributed by atoms with Crippen LogP contribution < -0.4 is 0 Å². The molecule has 22 heavy (non-hydrogen) atoms. The molecule has 1 aromatic carbocycles. The first-order chi connectivity index (χ1) is 10.3. The lowest BCUT2D eigenvalue weighted by Crippen LogP contribution is -2.34. The Morgan fingerprint density at radius 2 is 1.86 bits per heavy atom. The summed E-state index contributed by atoms with van der Waals surface area (Å²) in [7, 11) is 0. The van der Waals surface area contributed by atoms with Gasteiger partial charge in [0, 0.05) is 17.4 Å². The quantitative estimate of drug-likeness (QED) is 0.789. The van der Waals surface area contributed by atoms with Gasteiger partial charge in [0.15, 0.2) is 5.78 Å². The average Bonchev–Trinajstić information content (AvgIpc) is 2.46. The highest BCUT2D eigenvalue weighted by molar-refractivity contribution is 6.04. The summed E-state index contributed by atoms with van der Waals surface area (Å²) < 4.78 is 0. The summed E-state index contributed by atoms with van der Waals surface area (Å²) in [5.74, 6) is -0.451. The van der Waals surface area contributed by atoms with Crippen molar-refractivity contribution >= 4 is 11.8 Å². The van der Waals surface area contributed by atoms with Crippen molar-refractivity contribution in [3.63, 3.8) is 0 Å². The van der Waals surface area contributed by atoms with Crippen molar-refractivity contribution in [3.8, 4) is 0 Å². The van der Waals surface area contributed by atoms with Crippen LogP contribution in [-0.2, 0) is 11.2 Å². The Morgan fingerprint density at radius 3 is 2.55 bits per heavy atom. The van der Waals surface area contributed by atoms with Crippen LogP contribution >= 0.6 is 0 Å². The summed E-state index contributed by atoms with van der Waals surface area (Å²) in [6, 6.07) is 4.15. The number of carbonyl (C=O) groups is 2. The molecular formula is C19H26O3. The highest BCUT2D eigenvalue weighted by atomic mass is 16.4. The second-order valence-corrected chi connectivity index (χ2v) is 6.90. The molecule has 1 aromatic rings. The molecule has 0 saturated carbocycles. The zero-order chi connectivity index (χ0) is 16.3. The van der Waals surface area contributed by atoms with E-state index in [0.29, 0.717) is 6.42 Å².